The number of carbonyl (C=O) groups is 1. The number of likely N-dealkylation sites (N-methyl/N-ethyl adjacent to an activating group) is 1. The zero-order valence-corrected chi connectivity index (χ0v) is 16.4. The van der Waals surface area contributed by atoms with Crippen LogP contribution >= 0.6 is 22.9 Å². The van der Waals surface area contributed by atoms with Gasteiger partial charge in [0.05, 0.1) is 11.1 Å². The van der Waals surface area contributed by atoms with E-state index in [1.807, 2.05) is 19.1 Å². The van der Waals surface area contributed by atoms with Gasteiger partial charge in [-0.05, 0) is 43.7 Å². The van der Waals surface area contributed by atoms with Gasteiger partial charge in [0.1, 0.15) is 11.9 Å². The highest BCUT2D eigenvalue weighted by Gasteiger charge is 2.41. The number of nitrogens with zero attached hydrogens (tertiary/aromatic N) is 1. The van der Waals surface area contributed by atoms with Crippen LogP contribution in [-0.2, 0) is 15.0 Å². The molecule has 1 aromatic heterocycles. The predicted octanol–water partition coefficient (Wildman–Crippen LogP) is 3.07. The van der Waals surface area contributed by atoms with Gasteiger partial charge >= 0.3 is 0 Å². The van der Waals surface area contributed by atoms with Crippen LogP contribution in [0, 0.1) is 12.7 Å². The lowest BCUT2D eigenvalue weighted by Crippen LogP contribution is -2.55. The Morgan fingerprint density at radius 1 is 1.38 bits per heavy atom. The van der Waals surface area contributed by atoms with Crippen LogP contribution in [0.25, 0.3) is 0 Å². The molecule has 0 aliphatic carbocycles. The van der Waals surface area contributed by atoms with Crippen LogP contribution in [-0.4, -0.2) is 31.7 Å². The summed E-state index contributed by atoms with van der Waals surface area (Å²) in [6.45, 7) is 1.93. The molecule has 6 nitrogen and oxygen atoms in total. The molecule has 0 bridgehead atoms. The van der Waals surface area contributed by atoms with Crippen molar-refractivity contribution in [2.45, 2.75) is 25.4 Å². The molecule has 0 radical (unpaired) electrons. The van der Waals surface area contributed by atoms with Crippen LogP contribution < -0.4 is 10.0 Å². The number of anilines is 1. The molecule has 2 aromatic rings. The summed E-state index contributed by atoms with van der Waals surface area (Å²) in [5.74, 6) is -1.10. The third kappa shape index (κ3) is 3.91. The van der Waals surface area contributed by atoms with E-state index in [9.17, 15) is 17.6 Å². The van der Waals surface area contributed by atoms with Gasteiger partial charge in [0.25, 0.3) is 10.2 Å². The van der Waals surface area contributed by atoms with E-state index < -0.39 is 34.0 Å². The predicted molar refractivity (Wildman–Crippen MR) is 100 cm³/mol. The number of thiophene rings is 1. The molecule has 3 rings (SSSR count). The fourth-order valence-corrected chi connectivity index (χ4v) is 5.20. The molecule has 2 unspecified atom stereocenters. The van der Waals surface area contributed by atoms with Gasteiger partial charge in [-0.2, -0.15) is 17.4 Å². The van der Waals surface area contributed by atoms with Crippen LogP contribution in [0.3, 0.4) is 0 Å². The molecular formula is C16H17ClFN3O3S2. The summed E-state index contributed by atoms with van der Waals surface area (Å²) < 4.78 is 41.7. The molecule has 2 N–H and O–H groups in total. The summed E-state index contributed by atoms with van der Waals surface area (Å²) in [6, 6.07) is 6.16. The molecule has 0 spiro atoms. The second-order valence-corrected chi connectivity index (χ2v) is 9.50. The number of nitrogens with one attached hydrogen (secondary N) is 2. The van der Waals surface area contributed by atoms with Gasteiger partial charge in [0.2, 0.25) is 5.91 Å². The molecule has 2 heterocycles. The summed E-state index contributed by atoms with van der Waals surface area (Å²) in [4.78, 5) is 14.6. The normalized spacial score (nSPS) is 22.9. The molecule has 1 saturated heterocycles. The Kier molecular flexibility index (Phi) is 5.36. The maximum Gasteiger partial charge on any atom is 0.280 e. The third-order valence-electron chi connectivity index (χ3n) is 4.16. The molecule has 2 atom stereocenters. The van der Waals surface area contributed by atoms with E-state index in [1.165, 1.54) is 30.5 Å². The number of amides is 1. The Morgan fingerprint density at radius 3 is 2.73 bits per heavy atom. The topological polar surface area (TPSA) is 78.5 Å². The van der Waals surface area contributed by atoms with Gasteiger partial charge in [-0.3, -0.25) is 4.79 Å². The fraction of sp³-hybridized carbons (Fsp3) is 0.312. The Bertz CT molecular complexity index is 948. The first kappa shape index (κ1) is 19.2. The summed E-state index contributed by atoms with van der Waals surface area (Å²) in [7, 11) is -2.46. The van der Waals surface area contributed by atoms with Crippen LogP contribution in [0.4, 0.5) is 10.1 Å². The van der Waals surface area contributed by atoms with Crippen LogP contribution in [0.2, 0.25) is 5.02 Å². The van der Waals surface area contributed by atoms with Crippen LogP contribution in [0.1, 0.15) is 22.2 Å². The maximum atomic E-state index is 13.3. The smallest absolute Gasteiger partial charge is 0.280 e. The monoisotopic (exact) mass is 417 g/mol. The average Bonchev–Trinajstić information content (AvgIpc) is 2.99. The Morgan fingerprint density at radius 2 is 2.12 bits per heavy atom. The second-order valence-electron chi connectivity index (χ2n) is 6.01. The van der Waals surface area contributed by atoms with Crippen molar-refractivity contribution >= 4 is 44.7 Å². The van der Waals surface area contributed by atoms with E-state index in [-0.39, 0.29) is 11.4 Å². The quantitative estimate of drug-likeness (QED) is 0.805. The van der Waals surface area contributed by atoms with Crippen molar-refractivity contribution in [1.29, 1.82) is 0 Å². The SMILES string of the molecule is Cc1ccc(C2CC(C(=O)Nc3ccc(F)c(Cl)c3)N(C)S(=O)(=O)N2)s1. The highest BCUT2D eigenvalue weighted by atomic mass is 35.5. The van der Waals surface area contributed by atoms with Gasteiger partial charge in [-0.1, -0.05) is 11.6 Å². The lowest BCUT2D eigenvalue weighted by Gasteiger charge is -2.35. The largest absolute Gasteiger partial charge is 0.325 e. The highest BCUT2D eigenvalue weighted by Crippen LogP contribution is 2.32. The Labute approximate surface area is 160 Å². The molecular weight excluding hydrogens is 401 g/mol. The lowest BCUT2D eigenvalue weighted by atomic mass is 10.1. The van der Waals surface area contributed by atoms with Crippen molar-refractivity contribution in [3.05, 3.63) is 50.9 Å². The Balaban J connectivity index is 1.83. The molecule has 1 fully saturated rings. The second kappa shape index (κ2) is 7.24. The standard InChI is InChI=1S/C16H17ClFN3O3S2/c1-9-3-6-15(25-9)13-8-14(21(2)26(23,24)20-13)16(22)19-10-4-5-12(18)11(17)7-10/h3-7,13-14,20H,8H2,1-2H3,(H,19,22). The third-order valence-corrected chi connectivity index (χ3v) is 7.16. The molecule has 1 amide bonds. The first-order valence-electron chi connectivity index (χ1n) is 7.75. The molecule has 26 heavy (non-hydrogen) atoms. The number of carbonyl (C=O) groups excluding carboxylic acids is 1. The number of halogens is 2. The van der Waals surface area contributed by atoms with Crippen LogP contribution in [0.15, 0.2) is 30.3 Å². The van der Waals surface area contributed by atoms with Crippen molar-refractivity contribution in [3.63, 3.8) is 0 Å². The minimum Gasteiger partial charge on any atom is -0.325 e. The number of rotatable bonds is 3. The average molecular weight is 418 g/mol. The van der Waals surface area contributed by atoms with E-state index in [4.69, 9.17) is 11.6 Å². The molecule has 0 saturated carbocycles. The van der Waals surface area contributed by atoms with Crippen molar-refractivity contribution in [2.24, 2.45) is 0 Å². The van der Waals surface area contributed by atoms with Crippen molar-refractivity contribution in [1.82, 2.24) is 9.03 Å². The van der Waals surface area contributed by atoms with E-state index >= 15 is 0 Å². The molecule has 1 aliphatic heterocycles. The summed E-state index contributed by atoms with van der Waals surface area (Å²) >= 11 is 7.20. The van der Waals surface area contributed by atoms with Gasteiger partial charge in [-0.25, -0.2) is 4.39 Å². The van der Waals surface area contributed by atoms with Gasteiger partial charge in [-0.15, -0.1) is 11.3 Å². The fourth-order valence-electron chi connectivity index (χ4n) is 2.74. The Hall–Kier alpha value is -1.52. The molecule has 1 aliphatic rings. The zero-order chi connectivity index (χ0) is 19.1. The number of hydrogen-bond donors (Lipinski definition) is 2. The van der Waals surface area contributed by atoms with Crippen molar-refractivity contribution in [3.8, 4) is 0 Å². The van der Waals surface area contributed by atoms with Crippen molar-refractivity contribution in [2.75, 3.05) is 12.4 Å². The summed E-state index contributed by atoms with van der Waals surface area (Å²) in [6.07, 6.45) is 0.274. The number of hydrogen-bond acceptors (Lipinski definition) is 4. The maximum absolute atomic E-state index is 13.3. The van der Waals surface area contributed by atoms with E-state index in [1.54, 1.807) is 0 Å². The van der Waals surface area contributed by atoms with Gasteiger partial charge in [0, 0.05) is 22.5 Å². The van der Waals surface area contributed by atoms with Gasteiger partial charge < -0.3 is 5.32 Å². The van der Waals surface area contributed by atoms with E-state index in [2.05, 4.69) is 10.0 Å². The zero-order valence-electron chi connectivity index (χ0n) is 14.0. The minimum atomic E-state index is -3.81. The highest BCUT2D eigenvalue weighted by molar-refractivity contribution is 7.87. The van der Waals surface area contributed by atoms with Gasteiger partial charge in [0.15, 0.2) is 0 Å². The summed E-state index contributed by atoms with van der Waals surface area (Å²) in [5, 5.41) is 2.48. The molecule has 10 heteroatoms. The minimum absolute atomic E-state index is 0.124. The number of aryl methyl sites for hydroxylation is 1. The number of benzene rings is 1. The van der Waals surface area contributed by atoms with E-state index in [0.29, 0.717) is 5.69 Å². The van der Waals surface area contributed by atoms with E-state index in [0.717, 1.165) is 20.1 Å². The first-order valence-corrected chi connectivity index (χ1v) is 10.4. The summed E-state index contributed by atoms with van der Waals surface area (Å²) in [5.41, 5.74) is 0.300. The first-order chi connectivity index (χ1) is 12.2. The molecule has 140 valence electrons. The van der Waals surface area contributed by atoms with Crippen LogP contribution in [0.5, 0.6) is 0 Å². The lowest BCUT2D eigenvalue weighted by molar-refractivity contribution is -0.120. The van der Waals surface area contributed by atoms with Crippen molar-refractivity contribution < 1.29 is 17.6 Å². The molecule has 1 aromatic carbocycles.